The minimum Gasteiger partial charge on any atom is -0.493 e. The van der Waals surface area contributed by atoms with Crippen molar-refractivity contribution < 1.29 is 9.84 Å². The number of hydrogen-bond donors (Lipinski definition) is 1. The van der Waals surface area contributed by atoms with E-state index in [1.54, 1.807) is 0 Å². The Bertz CT molecular complexity index is 294. The SMILES string of the molecule is C=CCCCOc1ccccc1CCO. The average molecular weight is 206 g/mol. The first kappa shape index (κ1) is 11.8. The fourth-order valence-corrected chi connectivity index (χ4v) is 1.38. The molecule has 0 radical (unpaired) electrons. The molecule has 0 fully saturated rings. The van der Waals surface area contributed by atoms with Gasteiger partial charge in [-0.15, -0.1) is 6.58 Å². The fourth-order valence-electron chi connectivity index (χ4n) is 1.38. The van der Waals surface area contributed by atoms with Crippen LogP contribution in [0.1, 0.15) is 18.4 Å². The maximum Gasteiger partial charge on any atom is 0.122 e. The van der Waals surface area contributed by atoms with E-state index in [0.29, 0.717) is 13.0 Å². The molecule has 0 spiro atoms. The Morgan fingerprint density at radius 2 is 2.13 bits per heavy atom. The Hall–Kier alpha value is -1.28. The number of aliphatic hydroxyl groups is 1. The third-order valence-corrected chi connectivity index (χ3v) is 2.16. The molecule has 0 aliphatic carbocycles. The van der Waals surface area contributed by atoms with Crippen molar-refractivity contribution in [3.05, 3.63) is 42.5 Å². The number of rotatable bonds is 7. The van der Waals surface area contributed by atoms with E-state index < -0.39 is 0 Å². The van der Waals surface area contributed by atoms with Crippen molar-refractivity contribution in [2.24, 2.45) is 0 Å². The molecule has 0 amide bonds. The second-order valence-corrected chi connectivity index (χ2v) is 3.36. The van der Waals surface area contributed by atoms with Gasteiger partial charge in [-0.1, -0.05) is 24.3 Å². The summed E-state index contributed by atoms with van der Waals surface area (Å²) in [6.45, 7) is 4.53. The smallest absolute Gasteiger partial charge is 0.122 e. The number of para-hydroxylation sites is 1. The van der Waals surface area contributed by atoms with E-state index in [-0.39, 0.29) is 6.61 Å². The van der Waals surface area contributed by atoms with Crippen molar-refractivity contribution in [3.8, 4) is 5.75 Å². The summed E-state index contributed by atoms with van der Waals surface area (Å²) in [4.78, 5) is 0. The zero-order chi connectivity index (χ0) is 10.9. The van der Waals surface area contributed by atoms with Crippen molar-refractivity contribution in [3.63, 3.8) is 0 Å². The number of ether oxygens (including phenoxy) is 1. The van der Waals surface area contributed by atoms with Gasteiger partial charge in [0.2, 0.25) is 0 Å². The van der Waals surface area contributed by atoms with Gasteiger partial charge in [0.05, 0.1) is 6.61 Å². The van der Waals surface area contributed by atoms with Gasteiger partial charge in [0.15, 0.2) is 0 Å². The van der Waals surface area contributed by atoms with Crippen LogP contribution in [0.15, 0.2) is 36.9 Å². The maximum atomic E-state index is 8.88. The molecule has 0 saturated carbocycles. The third-order valence-electron chi connectivity index (χ3n) is 2.16. The summed E-state index contributed by atoms with van der Waals surface area (Å²) in [5.41, 5.74) is 1.07. The quantitative estimate of drug-likeness (QED) is 0.549. The normalized spacial score (nSPS) is 9.93. The summed E-state index contributed by atoms with van der Waals surface area (Å²) in [7, 11) is 0. The standard InChI is InChI=1S/C13H18O2/c1-2-3-6-11-15-13-8-5-4-7-12(13)9-10-14/h2,4-5,7-8,14H,1,3,6,9-11H2. The molecule has 0 heterocycles. The Morgan fingerprint density at radius 1 is 1.33 bits per heavy atom. The van der Waals surface area contributed by atoms with E-state index in [2.05, 4.69) is 6.58 Å². The van der Waals surface area contributed by atoms with Gasteiger partial charge in [-0.3, -0.25) is 0 Å². The molecule has 15 heavy (non-hydrogen) atoms. The van der Waals surface area contributed by atoms with Crippen LogP contribution in [0.4, 0.5) is 0 Å². The summed E-state index contributed by atoms with van der Waals surface area (Å²) in [6, 6.07) is 7.84. The fraction of sp³-hybridized carbons (Fsp3) is 0.385. The first-order chi connectivity index (χ1) is 7.38. The molecule has 0 bridgehead atoms. The third kappa shape index (κ3) is 4.17. The van der Waals surface area contributed by atoms with Crippen molar-refractivity contribution in [1.29, 1.82) is 0 Å². The Kier molecular flexibility index (Phi) is 5.56. The van der Waals surface area contributed by atoms with Crippen molar-refractivity contribution in [2.45, 2.75) is 19.3 Å². The molecule has 0 atom stereocenters. The first-order valence-electron chi connectivity index (χ1n) is 5.31. The summed E-state index contributed by atoms with van der Waals surface area (Å²) >= 11 is 0. The number of hydrogen-bond acceptors (Lipinski definition) is 2. The number of benzene rings is 1. The lowest BCUT2D eigenvalue weighted by Gasteiger charge is -2.09. The predicted molar refractivity (Wildman–Crippen MR) is 62.2 cm³/mol. The van der Waals surface area contributed by atoms with E-state index in [4.69, 9.17) is 9.84 Å². The van der Waals surface area contributed by atoms with Gasteiger partial charge < -0.3 is 9.84 Å². The second kappa shape index (κ2) is 7.07. The molecular formula is C13H18O2. The average Bonchev–Trinajstić information content (AvgIpc) is 2.27. The minimum absolute atomic E-state index is 0.160. The topological polar surface area (TPSA) is 29.5 Å². The molecule has 82 valence electrons. The summed E-state index contributed by atoms with van der Waals surface area (Å²) < 4.78 is 5.63. The Morgan fingerprint density at radius 3 is 2.87 bits per heavy atom. The van der Waals surface area contributed by atoms with Crippen LogP contribution in [0.3, 0.4) is 0 Å². The molecule has 1 aromatic rings. The molecule has 0 aromatic heterocycles. The molecule has 2 heteroatoms. The van der Waals surface area contributed by atoms with Crippen LogP contribution >= 0.6 is 0 Å². The molecule has 0 saturated heterocycles. The second-order valence-electron chi connectivity index (χ2n) is 3.36. The summed E-state index contributed by atoms with van der Waals surface area (Å²) in [5.74, 6) is 0.885. The van der Waals surface area contributed by atoms with Crippen LogP contribution in [0.2, 0.25) is 0 Å². The van der Waals surface area contributed by atoms with Crippen LogP contribution < -0.4 is 4.74 Å². The minimum atomic E-state index is 0.160. The Balaban J connectivity index is 2.47. The molecular weight excluding hydrogens is 188 g/mol. The molecule has 1 N–H and O–H groups in total. The zero-order valence-electron chi connectivity index (χ0n) is 8.98. The van der Waals surface area contributed by atoms with Gasteiger partial charge in [-0.25, -0.2) is 0 Å². The highest BCUT2D eigenvalue weighted by Gasteiger charge is 2.01. The lowest BCUT2D eigenvalue weighted by atomic mass is 10.1. The van der Waals surface area contributed by atoms with Crippen LogP contribution in [0, 0.1) is 0 Å². The van der Waals surface area contributed by atoms with E-state index in [1.165, 1.54) is 0 Å². The predicted octanol–water partition coefficient (Wildman–Crippen LogP) is 2.57. The summed E-state index contributed by atoms with van der Waals surface area (Å²) in [6.07, 6.45) is 4.50. The highest BCUT2D eigenvalue weighted by molar-refractivity contribution is 5.33. The van der Waals surface area contributed by atoms with Gasteiger partial charge in [0.25, 0.3) is 0 Å². The first-order valence-corrected chi connectivity index (χ1v) is 5.31. The van der Waals surface area contributed by atoms with E-state index >= 15 is 0 Å². The Labute approximate surface area is 91.2 Å². The molecule has 1 aromatic carbocycles. The number of unbranched alkanes of at least 4 members (excludes halogenated alkanes) is 1. The highest BCUT2D eigenvalue weighted by atomic mass is 16.5. The van der Waals surface area contributed by atoms with E-state index in [1.807, 2.05) is 30.3 Å². The van der Waals surface area contributed by atoms with Gasteiger partial charge in [0, 0.05) is 6.61 Å². The van der Waals surface area contributed by atoms with Gasteiger partial charge in [-0.05, 0) is 30.9 Å². The van der Waals surface area contributed by atoms with Crippen molar-refractivity contribution in [1.82, 2.24) is 0 Å². The molecule has 0 unspecified atom stereocenters. The number of allylic oxidation sites excluding steroid dienone is 1. The largest absolute Gasteiger partial charge is 0.493 e. The lowest BCUT2D eigenvalue weighted by molar-refractivity contribution is 0.287. The van der Waals surface area contributed by atoms with Crippen molar-refractivity contribution in [2.75, 3.05) is 13.2 Å². The van der Waals surface area contributed by atoms with E-state index in [9.17, 15) is 0 Å². The summed E-state index contributed by atoms with van der Waals surface area (Å²) in [5, 5.41) is 8.88. The monoisotopic (exact) mass is 206 g/mol. The van der Waals surface area contributed by atoms with Crippen LogP contribution in [0.5, 0.6) is 5.75 Å². The maximum absolute atomic E-state index is 8.88. The van der Waals surface area contributed by atoms with Gasteiger partial charge in [0.1, 0.15) is 5.75 Å². The zero-order valence-corrected chi connectivity index (χ0v) is 8.98. The van der Waals surface area contributed by atoms with Crippen LogP contribution in [-0.4, -0.2) is 18.3 Å². The molecule has 1 rings (SSSR count). The van der Waals surface area contributed by atoms with Crippen molar-refractivity contribution >= 4 is 0 Å². The number of aliphatic hydroxyl groups excluding tert-OH is 1. The molecule has 0 aliphatic heterocycles. The van der Waals surface area contributed by atoms with Gasteiger partial charge in [-0.2, -0.15) is 0 Å². The highest BCUT2D eigenvalue weighted by Crippen LogP contribution is 2.18. The van der Waals surface area contributed by atoms with Gasteiger partial charge >= 0.3 is 0 Å². The van der Waals surface area contributed by atoms with Crippen LogP contribution in [-0.2, 0) is 6.42 Å². The molecule has 0 aliphatic rings. The van der Waals surface area contributed by atoms with E-state index in [0.717, 1.165) is 24.2 Å². The van der Waals surface area contributed by atoms with Crippen LogP contribution in [0.25, 0.3) is 0 Å². The molecule has 2 nitrogen and oxygen atoms in total. The lowest BCUT2D eigenvalue weighted by Crippen LogP contribution is -2.01.